The Morgan fingerprint density at radius 2 is 2.00 bits per heavy atom. The van der Waals surface area contributed by atoms with Crippen molar-refractivity contribution in [2.45, 2.75) is 24.9 Å². The Hall–Kier alpha value is -1.81. The molecule has 0 bridgehead atoms. The highest BCUT2D eigenvalue weighted by molar-refractivity contribution is 5.47. The van der Waals surface area contributed by atoms with Crippen molar-refractivity contribution in [2.24, 2.45) is 13.0 Å². The van der Waals surface area contributed by atoms with Crippen molar-refractivity contribution in [1.29, 1.82) is 0 Å². The number of nitrogens with one attached hydrogen (secondary N) is 1. The van der Waals surface area contributed by atoms with Gasteiger partial charge in [0.15, 0.2) is 0 Å². The Morgan fingerprint density at radius 3 is 2.67 bits per heavy atom. The van der Waals surface area contributed by atoms with Crippen LogP contribution < -0.4 is 10.2 Å². The van der Waals surface area contributed by atoms with E-state index in [0.29, 0.717) is 12.1 Å². The highest BCUT2D eigenvalue weighted by atomic mass is 15.3. The normalized spacial score (nSPS) is 26.0. The molecule has 0 radical (unpaired) electrons. The smallest absolute Gasteiger partial charge is 0.0758 e. The van der Waals surface area contributed by atoms with Crippen LogP contribution in [0, 0.1) is 5.92 Å². The maximum atomic E-state index is 4.36. The number of rotatable bonds is 3. The lowest BCUT2D eigenvalue weighted by atomic mass is 9.99. The van der Waals surface area contributed by atoms with E-state index in [4.69, 9.17) is 0 Å². The van der Waals surface area contributed by atoms with E-state index < -0.39 is 0 Å². The Balaban J connectivity index is 1.64. The maximum Gasteiger partial charge on any atom is 0.0758 e. The molecule has 1 N–H and O–H groups in total. The Bertz CT molecular complexity index is 602. The third-order valence-corrected chi connectivity index (χ3v) is 4.74. The molecule has 0 spiro atoms. The standard InChI is InChI=1S/C17H22N4/c1-20-11-15(9-19-20)21-12-16(13-7-8-13)18-10-17(21)14-5-3-2-4-6-14/h2-6,9,11,13,16-18H,7-8,10,12H2,1H3. The van der Waals surface area contributed by atoms with Crippen molar-refractivity contribution in [3.63, 3.8) is 0 Å². The maximum absolute atomic E-state index is 4.36. The first kappa shape index (κ1) is 12.9. The van der Waals surface area contributed by atoms with Gasteiger partial charge in [-0.3, -0.25) is 4.68 Å². The minimum absolute atomic E-state index is 0.394. The molecule has 2 unspecified atom stereocenters. The highest BCUT2D eigenvalue weighted by Gasteiger charge is 2.37. The van der Waals surface area contributed by atoms with E-state index in [1.807, 2.05) is 17.9 Å². The lowest BCUT2D eigenvalue weighted by molar-refractivity contribution is 0.369. The SMILES string of the molecule is Cn1cc(N2CC(C3CC3)NCC2c2ccccc2)cn1. The van der Waals surface area contributed by atoms with Crippen LogP contribution in [0.25, 0.3) is 0 Å². The summed E-state index contributed by atoms with van der Waals surface area (Å²) in [7, 11) is 1.99. The number of aromatic nitrogens is 2. The van der Waals surface area contributed by atoms with Gasteiger partial charge in [-0.1, -0.05) is 30.3 Å². The fourth-order valence-corrected chi connectivity index (χ4v) is 3.41. The van der Waals surface area contributed by atoms with Gasteiger partial charge in [0, 0.05) is 32.4 Å². The Labute approximate surface area is 125 Å². The molecule has 2 atom stereocenters. The van der Waals surface area contributed by atoms with Crippen LogP contribution in [0.5, 0.6) is 0 Å². The summed E-state index contributed by atoms with van der Waals surface area (Å²) < 4.78 is 1.89. The summed E-state index contributed by atoms with van der Waals surface area (Å²) in [5.41, 5.74) is 2.61. The average Bonchev–Trinajstić information content (AvgIpc) is 3.29. The molecule has 4 nitrogen and oxygen atoms in total. The van der Waals surface area contributed by atoms with Crippen LogP contribution in [0.4, 0.5) is 5.69 Å². The second-order valence-electron chi connectivity index (χ2n) is 6.30. The molecule has 2 aliphatic rings. The van der Waals surface area contributed by atoms with Crippen molar-refractivity contribution in [3.8, 4) is 0 Å². The molecule has 110 valence electrons. The number of anilines is 1. The number of nitrogens with zero attached hydrogens (tertiary/aromatic N) is 3. The first-order chi connectivity index (χ1) is 10.3. The molecule has 21 heavy (non-hydrogen) atoms. The number of hydrogen-bond donors (Lipinski definition) is 1. The lowest BCUT2D eigenvalue weighted by Crippen LogP contribution is -2.53. The third kappa shape index (κ3) is 2.56. The Kier molecular flexibility index (Phi) is 3.19. The van der Waals surface area contributed by atoms with E-state index in [0.717, 1.165) is 19.0 Å². The van der Waals surface area contributed by atoms with Crippen LogP contribution in [0.3, 0.4) is 0 Å². The predicted molar refractivity (Wildman–Crippen MR) is 84.3 cm³/mol. The first-order valence-corrected chi connectivity index (χ1v) is 7.85. The molecule has 1 saturated carbocycles. The van der Waals surface area contributed by atoms with E-state index in [-0.39, 0.29) is 0 Å². The van der Waals surface area contributed by atoms with Crippen molar-refractivity contribution in [2.75, 3.05) is 18.0 Å². The highest BCUT2D eigenvalue weighted by Crippen LogP contribution is 2.37. The topological polar surface area (TPSA) is 33.1 Å². The van der Waals surface area contributed by atoms with Gasteiger partial charge < -0.3 is 10.2 Å². The van der Waals surface area contributed by atoms with Crippen molar-refractivity contribution in [1.82, 2.24) is 15.1 Å². The zero-order chi connectivity index (χ0) is 14.2. The number of benzene rings is 1. The monoisotopic (exact) mass is 282 g/mol. The molecule has 2 fully saturated rings. The quantitative estimate of drug-likeness (QED) is 0.938. The molecular formula is C17H22N4. The number of aryl methyl sites for hydroxylation is 1. The van der Waals surface area contributed by atoms with Crippen LogP contribution in [0.1, 0.15) is 24.4 Å². The summed E-state index contributed by atoms with van der Waals surface area (Å²) in [4.78, 5) is 2.53. The number of hydrogen-bond acceptors (Lipinski definition) is 3. The molecule has 1 aromatic carbocycles. The van der Waals surface area contributed by atoms with E-state index in [1.165, 1.54) is 24.1 Å². The van der Waals surface area contributed by atoms with Gasteiger partial charge in [-0.2, -0.15) is 5.10 Å². The minimum atomic E-state index is 0.394. The van der Waals surface area contributed by atoms with Gasteiger partial charge >= 0.3 is 0 Å². The summed E-state index contributed by atoms with van der Waals surface area (Å²) in [6.07, 6.45) is 6.89. The van der Waals surface area contributed by atoms with Crippen LogP contribution in [0.2, 0.25) is 0 Å². The fourth-order valence-electron chi connectivity index (χ4n) is 3.41. The lowest BCUT2D eigenvalue weighted by Gasteiger charge is -2.41. The predicted octanol–water partition coefficient (Wildman–Crippen LogP) is 2.35. The van der Waals surface area contributed by atoms with Gasteiger partial charge in [0.1, 0.15) is 0 Å². The first-order valence-electron chi connectivity index (χ1n) is 7.85. The summed E-state index contributed by atoms with van der Waals surface area (Å²) >= 11 is 0. The molecule has 1 aromatic heterocycles. The summed E-state index contributed by atoms with van der Waals surface area (Å²) in [6.45, 7) is 2.09. The van der Waals surface area contributed by atoms with E-state index >= 15 is 0 Å². The molecule has 0 amide bonds. The summed E-state index contributed by atoms with van der Waals surface area (Å²) in [5.74, 6) is 0.876. The van der Waals surface area contributed by atoms with E-state index in [9.17, 15) is 0 Å². The number of piperazine rings is 1. The van der Waals surface area contributed by atoms with Crippen molar-refractivity contribution >= 4 is 5.69 Å². The fraction of sp³-hybridized carbons (Fsp3) is 0.471. The van der Waals surface area contributed by atoms with Crippen molar-refractivity contribution in [3.05, 3.63) is 48.3 Å². The zero-order valence-electron chi connectivity index (χ0n) is 12.4. The van der Waals surface area contributed by atoms with E-state index in [1.54, 1.807) is 0 Å². The van der Waals surface area contributed by atoms with Gasteiger partial charge in [-0.05, 0) is 24.3 Å². The van der Waals surface area contributed by atoms with E-state index in [2.05, 4.69) is 51.8 Å². The van der Waals surface area contributed by atoms with Gasteiger partial charge in [0.25, 0.3) is 0 Å². The molecule has 1 saturated heterocycles. The largest absolute Gasteiger partial charge is 0.359 e. The average molecular weight is 282 g/mol. The molecular weight excluding hydrogens is 260 g/mol. The third-order valence-electron chi connectivity index (χ3n) is 4.74. The van der Waals surface area contributed by atoms with Gasteiger partial charge in [0.2, 0.25) is 0 Å². The molecule has 1 aliphatic carbocycles. The van der Waals surface area contributed by atoms with Gasteiger partial charge in [-0.25, -0.2) is 0 Å². The second kappa shape index (κ2) is 5.19. The zero-order valence-corrected chi connectivity index (χ0v) is 12.4. The van der Waals surface area contributed by atoms with Crippen LogP contribution in [0.15, 0.2) is 42.7 Å². The minimum Gasteiger partial charge on any atom is -0.359 e. The summed E-state index contributed by atoms with van der Waals surface area (Å²) in [6, 6.07) is 11.8. The second-order valence-corrected chi connectivity index (χ2v) is 6.30. The van der Waals surface area contributed by atoms with Gasteiger partial charge in [0.05, 0.1) is 17.9 Å². The molecule has 4 heteroatoms. The van der Waals surface area contributed by atoms with Gasteiger partial charge in [-0.15, -0.1) is 0 Å². The summed E-state index contributed by atoms with van der Waals surface area (Å²) in [5, 5.41) is 8.13. The van der Waals surface area contributed by atoms with Crippen LogP contribution >= 0.6 is 0 Å². The molecule has 1 aliphatic heterocycles. The van der Waals surface area contributed by atoms with Crippen LogP contribution in [-0.4, -0.2) is 28.9 Å². The molecule has 4 rings (SSSR count). The molecule has 2 heterocycles. The van der Waals surface area contributed by atoms with Crippen LogP contribution in [-0.2, 0) is 7.05 Å². The van der Waals surface area contributed by atoms with Crippen molar-refractivity contribution < 1.29 is 0 Å². The molecule has 2 aromatic rings. The Morgan fingerprint density at radius 1 is 1.19 bits per heavy atom.